The van der Waals surface area contributed by atoms with Crippen LogP contribution in [0.3, 0.4) is 0 Å². The molecule has 5 nitrogen and oxygen atoms in total. The predicted octanol–water partition coefficient (Wildman–Crippen LogP) is 2.21. The number of rotatable bonds is 12. The topological polar surface area (TPSA) is 52.6 Å². The lowest BCUT2D eigenvalue weighted by Crippen LogP contribution is -2.21. The van der Waals surface area contributed by atoms with Crippen LogP contribution in [0.5, 0.6) is 0 Å². The second kappa shape index (κ2) is 11.2. The van der Waals surface area contributed by atoms with Crippen molar-refractivity contribution in [1.29, 1.82) is 0 Å². The van der Waals surface area contributed by atoms with Gasteiger partial charge in [-0.2, -0.15) is 0 Å². The summed E-state index contributed by atoms with van der Waals surface area (Å²) >= 11 is 1.67. The van der Waals surface area contributed by atoms with E-state index in [0.717, 1.165) is 36.9 Å². The summed E-state index contributed by atoms with van der Waals surface area (Å²) in [6, 6.07) is 0.480. The van der Waals surface area contributed by atoms with Crippen molar-refractivity contribution in [3.8, 4) is 0 Å². The van der Waals surface area contributed by atoms with Crippen molar-refractivity contribution in [2.75, 3.05) is 33.5 Å². The Bertz CT molecular complexity index is 345. The number of nitrogens with one attached hydrogen (secondary N) is 1. The molecule has 1 aromatic rings. The van der Waals surface area contributed by atoms with Crippen molar-refractivity contribution in [2.45, 2.75) is 39.5 Å². The number of ether oxygens (including phenoxy) is 3. The van der Waals surface area contributed by atoms with Gasteiger partial charge in [0.05, 0.1) is 25.5 Å². The first-order chi connectivity index (χ1) is 9.72. The molecule has 0 saturated heterocycles. The van der Waals surface area contributed by atoms with E-state index in [-0.39, 0.29) is 0 Å². The fourth-order valence-corrected chi connectivity index (χ4v) is 2.22. The summed E-state index contributed by atoms with van der Waals surface area (Å²) in [5, 5.41) is 6.51. The van der Waals surface area contributed by atoms with Gasteiger partial charge in [0.1, 0.15) is 5.01 Å². The highest BCUT2D eigenvalue weighted by Gasteiger charge is 2.03. The van der Waals surface area contributed by atoms with Crippen LogP contribution in [0.2, 0.25) is 0 Å². The summed E-state index contributed by atoms with van der Waals surface area (Å²) < 4.78 is 15.9. The molecule has 0 atom stereocenters. The smallest absolute Gasteiger partial charge is 0.107 e. The molecule has 1 aromatic heterocycles. The lowest BCUT2D eigenvalue weighted by molar-refractivity contribution is 0.0328. The Hall–Kier alpha value is -0.530. The molecule has 0 unspecified atom stereocenters. The Kier molecular flexibility index (Phi) is 9.78. The summed E-state index contributed by atoms with van der Waals surface area (Å²) in [5.41, 5.74) is 0.995. The van der Waals surface area contributed by atoms with E-state index in [0.29, 0.717) is 25.9 Å². The second-order valence-corrected chi connectivity index (χ2v) is 5.72. The summed E-state index contributed by atoms with van der Waals surface area (Å²) in [6.07, 6.45) is 0.925. The Labute approximate surface area is 125 Å². The number of nitrogens with zero attached hydrogens (tertiary/aromatic N) is 1. The SMILES string of the molecule is COCCCOCCOCc1csc(CNC(C)C)n1. The second-order valence-electron chi connectivity index (χ2n) is 4.78. The highest BCUT2D eigenvalue weighted by Crippen LogP contribution is 2.10. The van der Waals surface area contributed by atoms with Gasteiger partial charge in [0.15, 0.2) is 0 Å². The van der Waals surface area contributed by atoms with Crippen molar-refractivity contribution in [3.63, 3.8) is 0 Å². The molecule has 0 aliphatic carbocycles. The standard InChI is InChI=1S/C14H26N2O3S/c1-12(2)15-9-14-16-13(11-20-14)10-19-8-7-18-6-4-5-17-3/h11-12,15H,4-10H2,1-3H3. The molecule has 0 aliphatic heterocycles. The monoisotopic (exact) mass is 302 g/mol. The van der Waals surface area contributed by atoms with Crippen molar-refractivity contribution in [3.05, 3.63) is 16.1 Å². The maximum absolute atomic E-state index is 5.53. The van der Waals surface area contributed by atoms with Crippen LogP contribution in [-0.2, 0) is 27.4 Å². The fraction of sp³-hybridized carbons (Fsp3) is 0.786. The van der Waals surface area contributed by atoms with E-state index in [2.05, 4.69) is 29.5 Å². The summed E-state index contributed by atoms with van der Waals surface area (Å²) in [5.74, 6) is 0. The average molecular weight is 302 g/mol. The van der Waals surface area contributed by atoms with Gasteiger partial charge in [0.25, 0.3) is 0 Å². The van der Waals surface area contributed by atoms with Gasteiger partial charge in [-0.1, -0.05) is 13.8 Å². The Balaban J connectivity index is 2.01. The van der Waals surface area contributed by atoms with Crippen LogP contribution in [0, 0.1) is 0 Å². The molecule has 0 fully saturated rings. The largest absolute Gasteiger partial charge is 0.385 e. The molecule has 0 radical (unpaired) electrons. The summed E-state index contributed by atoms with van der Waals surface area (Å²) in [7, 11) is 1.70. The van der Waals surface area contributed by atoms with Gasteiger partial charge in [-0.3, -0.25) is 0 Å². The molecule has 116 valence electrons. The molecule has 1 N–H and O–H groups in total. The van der Waals surface area contributed by atoms with Crippen molar-refractivity contribution >= 4 is 11.3 Å². The third kappa shape index (κ3) is 8.60. The molecule has 1 heterocycles. The molecular weight excluding hydrogens is 276 g/mol. The van der Waals surface area contributed by atoms with Gasteiger partial charge in [-0.05, 0) is 6.42 Å². The maximum atomic E-state index is 5.53. The quantitative estimate of drug-likeness (QED) is 0.600. The van der Waals surface area contributed by atoms with E-state index in [1.54, 1.807) is 18.4 Å². The minimum absolute atomic E-state index is 0.480. The molecule has 0 bridgehead atoms. The van der Waals surface area contributed by atoms with Gasteiger partial charge >= 0.3 is 0 Å². The van der Waals surface area contributed by atoms with E-state index < -0.39 is 0 Å². The van der Waals surface area contributed by atoms with Gasteiger partial charge < -0.3 is 19.5 Å². The lowest BCUT2D eigenvalue weighted by Gasteiger charge is -2.05. The zero-order valence-electron chi connectivity index (χ0n) is 12.7. The van der Waals surface area contributed by atoms with Crippen LogP contribution in [0.1, 0.15) is 31.0 Å². The molecule has 0 spiro atoms. The van der Waals surface area contributed by atoms with E-state index >= 15 is 0 Å². The van der Waals surface area contributed by atoms with E-state index in [9.17, 15) is 0 Å². The first-order valence-corrected chi connectivity index (χ1v) is 7.91. The van der Waals surface area contributed by atoms with Gasteiger partial charge in [0, 0.05) is 38.3 Å². The molecule has 0 aliphatic rings. The molecule has 1 rings (SSSR count). The van der Waals surface area contributed by atoms with Crippen LogP contribution < -0.4 is 5.32 Å². The third-order valence-corrected chi connectivity index (χ3v) is 3.42. The van der Waals surface area contributed by atoms with Crippen LogP contribution in [0.4, 0.5) is 0 Å². The first kappa shape index (κ1) is 17.5. The fourth-order valence-electron chi connectivity index (χ4n) is 1.49. The molecule has 0 saturated carbocycles. The van der Waals surface area contributed by atoms with Crippen molar-refractivity contribution < 1.29 is 14.2 Å². The molecule has 20 heavy (non-hydrogen) atoms. The minimum atomic E-state index is 0.480. The first-order valence-electron chi connectivity index (χ1n) is 7.03. The van der Waals surface area contributed by atoms with Crippen LogP contribution in [0.15, 0.2) is 5.38 Å². The van der Waals surface area contributed by atoms with Crippen LogP contribution in [-0.4, -0.2) is 44.6 Å². The lowest BCUT2D eigenvalue weighted by atomic mass is 10.4. The molecular formula is C14H26N2O3S. The van der Waals surface area contributed by atoms with Gasteiger partial charge in [-0.15, -0.1) is 11.3 Å². The number of aromatic nitrogens is 1. The Morgan fingerprint density at radius 2 is 2.00 bits per heavy atom. The zero-order chi connectivity index (χ0) is 14.6. The number of methoxy groups -OCH3 is 1. The highest BCUT2D eigenvalue weighted by atomic mass is 32.1. The molecule has 0 aromatic carbocycles. The molecule has 6 heteroatoms. The van der Waals surface area contributed by atoms with E-state index in [1.165, 1.54) is 0 Å². The third-order valence-electron chi connectivity index (χ3n) is 2.52. The maximum Gasteiger partial charge on any atom is 0.107 e. The van der Waals surface area contributed by atoms with Crippen LogP contribution >= 0.6 is 11.3 Å². The Morgan fingerprint density at radius 1 is 1.20 bits per heavy atom. The zero-order valence-corrected chi connectivity index (χ0v) is 13.5. The highest BCUT2D eigenvalue weighted by molar-refractivity contribution is 7.09. The Morgan fingerprint density at radius 3 is 2.75 bits per heavy atom. The van der Waals surface area contributed by atoms with Crippen molar-refractivity contribution in [2.24, 2.45) is 0 Å². The predicted molar refractivity (Wildman–Crippen MR) is 81.1 cm³/mol. The number of hydrogen-bond acceptors (Lipinski definition) is 6. The minimum Gasteiger partial charge on any atom is -0.385 e. The summed E-state index contributed by atoms with van der Waals surface area (Å²) in [4.78, 5) is 4.51. The van der Waals surface area contributed by atoms with Gasteiger partial charge in [-0.25, -0.2) is 4.98 Å². The van der Waals surface area contributed by atoms with E-state index in [1.807, 2.05) is 0 Å². The molecule has 0 amide bonds. The number of thiazole rings is 1. The van der Waals surface area contributed by atoms with E-state index in [4.69, 9.17) is 14.2 Å². The van der Waals surface area contributed by atoms with Crippen LogP contribution in [0.25, 0.3) is 0 Å². The summed E-state index contributed by atoms with van der Waals surface area (Å²) in [6.45, 7) is 8.32. The normalized spacial score (nSPS) is 11.4. The number of hydrogen-bond donors (Lipinski definition) is 1. The average Bonchev–Trinajstić information content (AvgIpc) is 2.87. The van der Waals surface area contributed by atoms with Gasteiger partial charge in [0.2, 0.25) is 0 Å². The van der Waals surface area contributed by atoms with Crippen molar-refractivity contribution in [1.82, 2.24) is 10.3 Å².